The quantitative estimate of drug-likeness (QED) is 0.811. The van der Waals surface area contributed by atoms with Crippen LogP contribution in [0.25, 0.3) is 0 Å². The molecule has 1 N–H and O–H groups in total. The summed E-state index contributed by atoms with van der Waals surface area (Å²) in [5.74, 6) is -0.906. The van der Waals surface area contributed by atoms with Gasteiger partial charge < -0.3 is 9.84 Å². The van der Waals surface area contributed by atoms with Gasteiger partial charge in [-0.1, -0.05) is 11.6 Å². The van der Waals surface area contributed by atoms with E-state index in [1.807, 2.05) is 6.07 Å². The molecule has 0 atom stereocenters. The van der Waals surface area contributed by atoms with Gasteiger partial charge in [0.25, 0.3) is 0 Å². The number of rotatable bonds is 2. The van der Waals surface area contributed by atoms with Gasteiger partial charge in [-0.05, 0) is 6.07 Å². The van der Waals surface area contributed by atoms with Crippen molar-refractivity contribution >= 4 is 17.6 Å². The predicted octanol–water partition coefficient (Wildman–Crippen LogP) is 1.92. The molecular formula is C9H6ClNO3. The Hall–Kier alpha value is -1.73. The Morgan fingerprint density at radius 3 is 2.71 bits per heavy atom. The lowest BCUT2D eigenvalue weighted by atomic mass is 10.1. The molecule has 0 heterocycles. The van der Waals surface area contributed by atoms with Gasteiger partial charge in [0.05, 0.1) is 23.3 Å². The maximum atomic E-state index is 10.7. The summed E-state index contributed by atoms with van der Waals surface area (Å²) in [7, 11) is 1.38. The van der Waals surface area contributed by atoms with E-state index in [4.69, 9.17) is 26.7 Å². The Labute approximate surface area is 85.3 Å². The van der Waals surface area contributed by atoms with Crippen molar-refractivity contribution in [1.29, 1.82) is 5.26 Å². The smallest absolute Gasteiger partial charge is 0.337 e. The summed E-state index contributed by atoms with van der Waals surface area (Å²) in [6, 6.07) is 4.32. The van der Waals surface area contributed by atoms with Gasteiger partial charge in [-0.15, -0.1) is 0 Å². The first-order valence-electron chi connectivity index (χ1n) is 3.61. The first-order valence-corrected chi connectivity index (χ1v) is 3.99. The third-order valence-electron chi connectivity index (χ3n) is 1.64. The van der Waals surface area contributed by atoms with Crippen molar-refractivity contribution in [2.45, 2.75) is 0 Å². The molecular weight excluding hydrogens is 206 g/mol. The molecule has 0 saturated carbocycles. The van der Waals surface area contributed by atoms with Crippen LogP contribution in [0, 0.1) is 11.3 Å². The minimum absolute atomic E-state index is 0.0494. The van der Waals surface area contributed by atoms with Crippen LogP contribution in [0.15, 0.2) is 12.1 Å². The number of benzene rings is 1. The van der Waals surface area contributed by atoms with Crippen molar-refractivity contribution in [1.82, 2.24) is 0 Å². The monoisotopic (exact) mass is 211 g/mol. The number of hydrogen-bond donors (Lipinski definition) is 1. The second kappa shape index (κ2) is 3.99. The van der Waals surface area contributed by atoms with E-state index in [9.17, 15) is 4.79 Å². The van der Waals surface area contributed by atoms with E-state index >= 15 is 0 Å². The molecule has 0 spiro atoms. The van der Waals surface area contributed by atoms with Gasteiger partial charge in [0.2, 0.25) is 0 Å². The Balaban J connectivity index is 3.40. The number of carboxylic acids is 1. The SMILES string of the molecule is COc1cc(Cl)c(C(=O)O)cc1C#N. The van der Waals surface area contributed by atoms with Crippen LogP contribution in [0.3, 0.4) is 0 Å². The van der Waals surface area contributed by atoms with Gasteiger partial charge in [0.15, 0.2) is 0 Å². The first kappa shape index (κ1) is 10.4. The molecule has 1 aromatic rings. The number of carbonyl (C=O) groups is 1. The molecule has 0 unspecified atom stereocenters. The van der Waals surface area contributed by atoms with Crippen LogP contribution < -0.4 is 4.74 Å². The number of nitrogens with zero attached hydrogens (tertiary/aromatic N) is 1. The summed E-state index contributed by atoms with van der Waals surface area (Å²) in [5.41, 5.74) is 0.0401. The number of aromatic carboxylic acids is 1. The van der Waals surface area contributed by atoms with Crippen LogP contribution in [0.5, 0.6) is 5.75 Å². The zero-order valence-corrected chi connectivity index (χ0v) is 8.00. The summed E-state index contributed by atoms with van der Waals surface area (Å²) in [6.07, 6.45) is 0. The molecule has 1 aromatic carbocycles. The van der Waals surface area contributed by atoms with E-state index in [0.29, 0.717) is 0 Å². The van der Waals surface area contributed by atoms with Crippen molar-refractivity contribution in [3.8, 4) is 11.8 Å². The van der Waals surface area contributed by atoms with Crippen molar-refractivity contribution in [3.05, 3.63) is 28.3 Å². The Bertz CT molecular complexity index is 423. The van der Waals surface area contributed by atoms with Gasteiger partial charge in [-0.25, -0.2) is 4.79 Å². The van der Waals surface area contributed by atoms with Crippen molar-refractivity contribution in [3.63, 3.8) is 0 Å². The molecule has 0 aliphatic heterocycles. The van der Waals surface area contributed by atoms with Crippen LogP contribution in [0.1, 0.15) is 15.9 Å². The normalized spacial score (nSPS) is 9.21. The van der Waals surface area contributed by atoms with Gasteiger partial charge >= 0.3 is 5.97 Å². The number of halogens is 1. The minimum atomic E-state index is -1.17. The van der Waals surface area contributed by atoms with Crippen LogP contribution >= 0.6 is 11.6 Å². The maximum Gasteiger partial charge on any atom is 0.337 e. The maximum absolute atomic E-state index is 10.7. The molecule has 4 nitrogen and oxygen atoms in total. The number of ether oxygens (including phenoxy) is 1. The number of hydrogen-bond acceptors (Lipinski definition) is 3. The molecule has 0 bridgehead atoms. The largest absolute Gasteiger partial charge is 0.495 e. The molecule has 0 aliphatic carbocycles. The van der Waals surface area contributed by atoms with Crippen LogP contribution in [0.4, 0.5) is 0 Å². The lowest BCUT2D eigenvalue weighted by Gasteiger charge is -2.05. The Kier molecular flexibility index (Phi) is 2.95. The third kappa shape index (κ3) is 1.78. The molecule has 72 valence electrons. The van der Waals surface area contributed by atoms with Gasteiger partial charge in [0.1, 0.15) is 11.8 Å². The fraction of sp³-hybridized carbons (Fsp3) is 0.111. The highest BCUT2D eigenvalue weighted by molar-refractivity contribution is 6.33. The van der Waals surface area contributed by atoms with E-state index < -0.39 is 5.97 Å². The number of methoxy groups -OCH3 is 1. The Morgan fingerprint density at radius 1 is 1.64 bits per heavy atom. The number of carboxylic acid groups (broad SMARTS) is 1. The third-order valence-corrected chi connectivity index (χ3v) is 1.95. The van der Waals surface area contributed by atoms with E-state index in [1.54, 1.807) is 0 Å². The summed E-state index contributed by atoms with van der Waals surface area (Å²) in [4.78, 5) is 10.7. The molecule has 5 heteroatoms. The minimum Gasteiger partial charge on any atom is -0.495 e. The average Bonchev–Trinajstić information content (AvgIpc) is 2.16. The molecule has 14 heavy (non-hydrogen) atoms. The standard InChI is InChI=1S/C9H6ClNO3/c1-14-8-3-7(10)6(9(12)13)2-5(8)4-11/h2-3H,1H3,(H,12,13). The first-order chi connectivity index (χ1) is 6.60. The molecule has 0 aromatic heterocycles. The summed E-state index contributed by atoms with van der Waals surface area (Å²) in [6.45, 7) is 0. The zero-order valence-electron chi connectivity index (χ0n) is 7.24. The fourth-order valence-electron chi connectivity index (χ4n) is 0.975. The molecule has 0 saturated heterocycles. The van der Waals surface area contributed by atoms with Gasteiger partial charge in [-0.2, -0.15) is 5.26 Å². The molecule has 0 aliphatic rings. The van der Waals surface area contributed by atoms with Crippen LogP contribution in [-0.4, -0.2) is 18.2 Å². The zero-order chi connectivity index (χ0) is 10.7. The average molecular weight is 212 g/mol. The van der Waals surface area contributed by atoms with E-state index in [0.717, 1.165) is 0 Å². The highest BCUT2D eigenvalue weighted by atomic mass is 35.5. The van der Waals surface area contributed by atoms with Crippen LogP contribution in [0.2, 0.25) is 5.02 Å². The highest BCUT2D eigenvalue weighted by Gasteiger charge is 2.13. The summed E-state index contributed by atoms with van der Waals surface area (Å²) >= 11 is 5.66. The Morgan fingerprint density at radius 2 is 2.29 bits per heavy atom. The van der Waals surface area contributed by atoms with Crippen molar-refractivity contribution in [2.75, 3.05) is 7.11 Å². The molecule has 1 rings (SSSR count). The topological polar surface area (TPSA) is 70.3 Å². The van der Waals surface area contributed by atoms with E-state index in [2.05, 4.69) is 0 Å². The second-order valence-corrected chi connectivity index (χ2v) is 2.86. The second-order valence-electron chi connectivity index (χ2n) is 2.45. The van der Waals surface area contributed by atoms with Gasteiger partial charge in [0, 0.05) is 6.07 Å². The molecule has 0 amide bonds. The lowest BCUT2D eigenvalue weighted by molar-refractivity contribution is 0.0697. The van der Waals surface area contributed by atoms with Crippen molar-refractivity contribution in [2.24, 2.45) is 0 Å². The van der Waals surface area contributed by atoms with Gasteiger partial charge in [-0.3, -0.25) is 0 Å². The fourth-order valence-corrected chi connectivity index (χ4v) is 1.21. The predicted molar refractivity (Wildman–Crippen MR) is 49.7 cm³/mol. The van der Waals surface area contributed by atoms with Crippen molar-refractivity contribution < 1.29 is 14.6 Å². The summed E-state index contributed by atoms with van der Waals surface area (Å²) in [5, 5.41) is 17.4. The highest BCUT2D eigenvalue weighted by Crippen LogP contribution is 2.26. The van der Waals surface area contributed by atoms with Crippen LogP contribution in [-0.2, 0) is 0 Å². The molecule has 0 fully saturated rings. The number of nitriles is 1. The van der Waals surface area contributed by atoms with E-state index in [1.165, 1.54) is 19.2 Å². The summed E-state index contributed by atoms with van der Waals surface area (Å²) < 4.78 is 4.85. The molecule has 0 radical (unpaired) electrons. The van der Waals surface area contributed by atoms with E-state index in [-0.39, 0.29) is 21.9 Å². The lowest BCUT2D eigenvalue weighted by Crippen LogP contribution is -1.99.